The molecule has 2 aromatic rings. The number of carbonyl (C=O) groups excluding carboxylic acids is 1. The molecule has 0 saturated carbocycles. The Balaban J connectivity index is 1.61. The minimum absolute atomic E-state index is 0.0847. The number of hydrogen-bond donors (Lipinski definition) is 1. The number of aromatic nitrogens is 2. The van der Waals surface area contributed by atoms with E-state index in [0.717, 1.165) is 24.5 Å². The van der Waals surface area contributed by atoms with Crippen molar-refractivity contribution in [3.05, 3.63) is 40.0 Å². The number of anilines is 1. The van der Waals surface area contributed by atoms with Gasteiger partial charge >= 0.3 is 0 Å². The monoisotopic (exact) mass is 318 g/mol. The van der Waals surface area contributed by atoms with Gasteiger partial charge in [-0.2, -0.15) is 0 Å². The molecule has 1 amide bonds. The number of aryl methyl sites for hydroxylation is 1. The first-order chi connectivity index (χ1) is 10.7. The molecule has 1 saturated heterocycles. The molecule has 0 radical (unpaired) electrons. The first-order valence-corrected chi connectivity index (χ1v) is 8.08. The van der Waals surface area contributed by atoms with Gasteiger partial charge in [-0.25, -0.2) is 9.97 Å². The third-order valence-corrected chi connectivity index (χ3v) is 4.43. The van der Waals surface area contributed by atoms with E-state index in [1.807, 2.05) is 24.4 Å². The molecule has 3 rings (SSSR count). The second-order valence-electron chi connectivity index (χ2n) is 5.10. The summed E-state index contributed by atoms with van der Waals surface area (Å²) in [5, 5.41) is 4.82. The number of rotatable bonds is 4. The Morgan fingerprint density at radius 1 is 1.45 bits per heavy atom. The van der Waals surface area contributed by atoms with Gasteiger partial charge in [-0.15, -0.1) is 11.3 Å². The third kappa shape index (κ3) is 3.61. The zero-order chi connectivity index (χ0) is 15.4. The number of hydrogen-bond acceptors (Lipinski definition) is 6. The Bertz CT molecular complexity index is 652. The van der Waals surface area contributed by atoms with E-state index in [4.69, 9.17) is 4.74 Å². The second kappa shape index (κ2) is 6.85. The minimum Gasteiger partial charge on any atom is -0.378 e. The molecule has 0 spiro atoms. The molecule has 6 nitrogen and oxygen atoms in total. The number of ether oxygens (including phenoxy) is 1. The Hall–Kier alpha value is -1.99. The molecule has 0 atom stereocenters. The fraction of sp³-hybridized carbons (Fsp3) is 0.400. The lowest BCUT2D eigenvalue weighted by Crippen LogP contribution is -2.37. The zero-order valence-corrected chi connectivity index (χ0v) is 13.2. The van der Waals surface area contributed by atoms with Gasteiger partial charge < -0.3 is 15.0 Å². The van der Waals surface area contributed by atoms with Crippen LogP contribution in [-0.2, 0) is 11.3 Å². The zero-order valence-electron chi connectivity index (χ0n) is 12.4. The highest BCUT2D eigenvalue weighted by atomic mass is 32.1. The normalized spacial score (nSPS) is 14.9. The maximum atomic E-state index is 12.0. The van der Waals surface area contributed by atoms with Crippen molar-refractivity contribution < 1.29 is 9.53 Å². The molecule has 3 heterocycles. The summed E-state index contributed by atoms with van der Waals surface area (Å²) in [5.74, 6) is 1.42. The van der Waals surface area contributed by atoms with Gasteiger partial charge in [0.15, 0.2) is 0 Å². The molecule has 1 aliphatic heterocycles. The maximum Gasteiger partial charge on any atom is 0.261 e. The summed E-state index contributed by atoms with van der Waals surface area (Å²) >= 11 is 1.44. The van der Waals surface area contributed by atoms with Crippen LogP contribution in [0.1, 0.15) is 21.1 Å². The van der Waals surface area contributed by atoms with Gasteiger partial charge in [-0.1, -0.05) is 0 Å². The van der Waals surface area contributed by atoms with Crippen LogP contribution in [0.4, 0.5) is 5.82 Å². The van der Waals surface area contributed by atoms with Crippen LogP contribution >= 0.6 is 11.3 Å². The molecular weight excluding hydrogens is 300 g/mol. The molecule has 0 aliphatic carbocycles. The lowest BCUT2D eigenvalue weighted by molar-refractivity contribution is 0.0954. The van der Waals surface area contributed by atoms with Crippen molar-refractivity contribution in [3.8, 4) is 0 Å². The maximum absolute atomic E-state index is 12.0. The fourth-order valence-corrected chi connectivity index (χ4v) is 3.05. The highest BCUT2D eigenvalue weighted by Gasteiger charge is 2.13. The molecule has 22 heavy (non-hydrogen) atoms. The molecule has 1 N–H and O–H groups in total. The number of amides is 1. The highest BCUT2D eigenvalue weighted by Crippen LogP contribution is 2.14. The number of nitrogens with zero attached hydrogens (tertiary/aromatic N) is 3. The van der Waals surface area contributed by atoms with Gasteiger partial charge in [0.05, 0.1) is 24.6 Å². The Morgan fingerprint density at radius 2 is 2.27 bits per heavy atom. The van der Waals surface area contributed by atoms with E-state index in [9.17, 15) is 4.79 Å². The van der Waals surface area contributed by atoms with Gasteiger partial charge in [-0.05, 0) is 30.0 Å². The van der Waals surface area contributed by atoms with E-state index in [2.05, 4.69) is 20.2 Å². The molecule has 2 aromatic heterocycles. The van der Waals surface area contributed by atoms with Gasteiger partial charge in [0, 0.05) is 19.3 Å². The van der Waals surface area contributed by atoms with Crippen molar-refractivity contribution in [2.24, 2.45) is 0 Å². The molecule has 116 valence electrons. The van der Waals surface area contributed by atoms with Gasteiger partial charge in [0.2, 0.25) is 0 Å². The van der Waals surface area contributed by atoms with Crippen molar-refractivity contribution in [2.75, 3.05) is 31.2 Å². The average molecular weight is 318 g/mol. The largest absolute Gasteiger partial charge is 0.378 e. The lowest BCUT2D eigenvalue weighted by Gasteiger charge is -2.27. The van der Waals surface area contributed by atoms with Crippen molar-refractivity contribution in [1.29, 1.82) is 0 Å². The Labute approximate surface area is 133 Å². The molecule has 1 aliphatic rings. The minimum atomic E-state index is -0.0847. The summed E-state index contributed by atoms with van der Waals surface area (Å²) in [6.07, 6.45) is 1.73. The van der Waals surface area contributed by atoms with Crippen LogP contribution in [0.15, 0.2) is 23.7 Å². The summed E-state index contributed by atoms with van der Waals surface area (Å²) in [4.78, 5) is 23.7. The summed E-state index contributed by atoms with van der Waals surface area (Å²) in [7, 11) is 0. The van der Waals surface area contributed by atoms with Crippen LogP contribution in [0.5, 0.6) is 0 Å². The number of carbonyl (C=O) groups is 1. The Kier molecular flexibility index (Phi) is 4.65. The van der Waals surface area contributed by atoms with E-state index in [1.54, 1.807) is 6.20 Å². The van der Waals surface area contributed by atoms with Crippen LogP contribution in [0, 0.1) is 6.92 Å². The highest BCUT2D eigenvalue weighted by molar-refractivity contribution is 7.12. The Morgan fingerprint density at radius 3 is 3.00 bits per heavy atom. The van der Waals surface area contributed by atoms with E-state index >= 15 is 0 Å². The quantitative estimate of drug-likeness (QED) is 0.928. The van der Waals surface area contributed by atoms with Crippen LogP contribution in [0.3, 0.4) is 0 Å². The fourth-order valence-electron chi connectivity index (χ4n) is 2.24. The summed E-state index contributed by atoms with van der Waals surface area (Å²) in [6, 6.07) is 3.77. The second-order valence-corrected chi connectivity index (χ2v) is 6.01. The average Bonchev–Trinajstić information content (AvgIpc) is 3.00. The third-order valence-electron chi connectivity index (χ3n) is 3.39. The first-order valence-electron chi connectivity index (χ1n) is 7.20. The summed E-state index contributed by atoms with van der Waals surface area (Å²) in [6.45, 7) is 5.40. The summed E-state index contributed by atoms with van der Waals surface area (Å²) in [5.41, 5.74) is 1.10. The predicted octanol–water partition coefficient (Wildman–Crippen LogP) is 1.61. The van der Waals surface area contributed by atoms with E-state index < -0.39 is 0 Å². The van der Waals surface area contributed by atoms with E-state index in [1.165, 1.54) is 11.3 Å². The lowest BCUT2D eigenvalue weighted by atomic mass is 10.3. The van der Waals surface area contributed by atoms with Crippen molar-refractivity contribution >= 4 is 23.1 Å². The molecule has 0 bridgehead atoms. The predicted molar refractivity (Wildman–Crippen MR) is 85.3 cm³/mol. The molecule has 0 aromatic carbocycles. The molecule has 1 fully saturated rings. The van der Waals surface area contributed by atoms with Crippen molar-refractivity contribution in [1.82, 2.24) is 15.3 Å². The molecule has 7 heteroatoms. The van der Waals surface area contributed by atoms with Crippen LogP contribution in [0.25, 0.3) is 0 Å². The number of thiophene rings is 1. The van der Waals surface area contributed by atoms with Crippen LogP contribution in [-0.4, -0.2) is 42.2 Å². The van der Waals surface area contributed by atoms with Gasteiger partial charge in [0.1, 0.15) is 11.6 Å². The van der Waals surface area contributed by atoms with Gasteiger partial charge in [0.25, 0.3) is 5.91 Å². The molecular formula is C15H18N4O2S. The van der Waals surface area contributed by atoms with Gasteiger partial charge in [-0.3, -0.25) is 4.79 Å². The van der Waals surface area contributed by atoms with Crippen LogP contribution < -0.4 is 10.2 Å². The number of morpholine rings is 1. The SMILES string of the molecule is Cc1csc(C(=O)NCc2nccc(N3CCOCC3)n2)c1. The standard InChI is InChI=1S/C15H18N4O2S/c1-11-8-12(22-10-11)15(20)17-9-13-16-3-2-14(18-13)19-4-6-21-7-5-19/h2-3,8,10H,4-7,9H2,1H3,(H,17,20). The van der Waals surface area contributed by atoms with E-state index in [0.29, 0.717) is 30.5 Å². The van der Waals surface area contributed by atoms with Crippen molar-refractivity contribution in [3.63, 3.8) is 0 Å². The molecule has 0 unspecified atom stereocenters. The van der Waals surface area contributed by atoms with Crippen molar-refractivity contribution in [2.45, 2.75) is 13.5 Å². The smallest absolute Gasteiger partial charge is 0.261 e. The number of nitrogens with one attached hydrogen (secondary N) is 1. The topological polar surface area (TPSA) is 67.4 Å². The summed E-state index contributed by atoms with van der Waals surface area (Å²) < 4.78 is 5.34. The van der Waals surface area contributed by atoms with Crippen LogP contribution in [0.2, 0.25) is 0 Å². The van der Waals surface area contributed by atoms with E-state index in [-0.39, 0.29) is 5.91 Å². The first kappa shape index (κ1) is 14.9.